The van der Waals surface area contributed by atoms with E-state index in [1.807, 2.05) is 6.07 Å². The van der Waals surface area contributed by atoms with Crippen molar-refractivity contribution in [1.82, 2.24) is 9.97 Å². The number of hydrogen-bond acceptors (Lipinski definition) is 4. The van der Waals surface area contributed by atoms with Gasteiger partial charge >= 0.3 is 0 Å². The Morgan fingerprint density at radius 1 is 1.42 bits per heavy atom. The third kappa shape index (κ3) is 1.14. The van der Waals surface area contributed by atoms with Crippen LogP contribution in [0.25, 0.3) is 11.3 Å². The summed E-state index contributed by atoms with van der Waals surface area (Å²) in [4.78, 5) is 7.67. The van der Waals surface area contributed by atoms with Crippen LogP contribution in [0.3, 0.4) is 0 Å². The first-order chi connectivity index (χ1) is 5.86. The van der Waals surface area contributed by atoms with Gasteiger partial charge in [-0.2, -0.15) is 0 Å². The highest BCUT2D eigenvalue weighted by molar-refractivity contribution is 5.59. The summed E-state index contributed by atoms with van der Waals surface area (Å²) in [5.74, 6) is 1.17. The van der Waals surface area contributed by atoms with Crippen molar-refractivity contribution in [2.24, 2.45) is 0 Å². The SMILES string of the molecule is Nc1cc(-c2cnco2)ccn1. The molecule has 0 unspecified atom stereocenters. The Kier molecular flexibility index (Phi) is 1.51. The summed E-state index contributed by atoms with van der Waals surface area (Å²) in [7, 11) is 0. The topological polar surface area (TPSA) is 64.9 Å². The number of rotatable bonds is 1. The molecule has 12 heavy (non-hydrogen) atoms. The van der Waals surface area contributed by atoms with Gasteiger partial charge in [-0.25, -0.2) is 9.97 Å². The fraction of sp³-hybridized carbons (Fsp3) is 0. The van der Waals surface area contributed by atoms with Crippen LogP contribution in [0.2, 0.25) is 0 Å². The lowest BCUT2D eigenvalue weighted by Gasteiger charge is -1.95. The second-order valence-corrected chi connectivity index (χ2v) is 2.34. The molecule has 2 aromatic rings. The van der Waals surface area contributed by atoms with E-state index in [0.29, 0.717) is 11.6 Å². The van der Waals surface area contributed by atoms with Crippen LogP contribution in [0.1, 0.15) is 0 Å². The van der Waals surface area contributed by atoms with Crippen LogP contribution in [0.15, 0.2) is 35.3 Å². The number of nitrogen functional groups attached to an aromatic ring is 1. The van der Waals surface area contributed by atoms with E-state index in [-0.39, 0.29) is 0 Å². The molecule has 2 aromatic heterocycles. The number of pyridine rings is 1. The van der Waals surface area contributed by atoms with Crippen LogP contribution in [0, 0.1) is 0 Å². The highest BCUT2D eigenvalue weighted by Crippen LogP contribution is 2.18. The quantitative estimate of drug-likeness (QED) is 0.685. The van der Waals surface area contributed by atoms with Crippen molar-refractivity contribution in [2.45, 2.75) is 0 Å². The molecule has 4 heteroatoms. The highest BCUT2D eigenvalue weighted by atomic mass is 16.3. The van der Waals surface area contributed by atoms with E-state index in [9.17, 15) is 0 Å². The van der Waals surface area contributed by atoms with E-state index in [1.54, 1.807) is 18.5 Å². The van der Waals surface area contributed by atoms with Gasteiger partial charge in [0, 0.05) is 11.8 Å². The molecule has 60 valence electrons. The maximum Gasteiger partial charge on any atom is 0.181 e. The van der Waals surface area contributed by atoms with Crippen LogP contribution in [-0.4, -0.2) is 9.97 Å². The summed E-state index contributed by atoms with van der Waals surface area (Å²) in [5.41, 5.74) is 6.38. The zero-order valence-corrected chi connectivity index (χ0v) is 6.27. The second kappa shape index (κ2) is 2.65. The summed E-state index contributed by atoms with van der Waals surface area (Å²) in [6.45, 7) is 0. The van der Waals surface area contributed by atoms with Crippen molar-refractivity contribution in [2.75, 3.05) is 5.73 Å². The third-order valence-corrected chi connectivity index (χ3v) is 1.50. The Morgan fingerprint density at radius 3 is 3.00 bits per heavy atom. The molecule has 2 N–H and O–H groups in total. The van der Waals surface area contributed by atoms with Gasteiger partial charge in [-0.1, -0.05) is 0 Å². The van der Waals surface area contributed by atoms with E-state index >= 15 is 0 Å². The largest absolute Gasteiger partial charge is 0.444 e. The van der Waals surface area contributed by atoms with E-state index in [4.69, 9.17) is 10.2 Å². The molecule has 0 radical (unpaired) electrons. The number of hydrogen-bond donors (Lipinski definition) is 1. The lowest BCUT2D eigenvalue weighted by Crippen LogP contribution is -1.88. The third-order valence-electron chi connectivity index (χ3n) is 1.50. The van der Waals surface area contributed by atoms with Gasteiger partial charge in [0.15, 0.2) is 12.2 Å². The fourth-order valence-electron chi connectivity index (χ4n) is 0.960. The zero-order chi connectivity index (χ0) is 8.39. The van der Waals surface area contributed by atoms with Crippen molar-refractivity contribution in [3.8, 4) is 11.3 Å². The number of nitrogens with zero attached hydrogens (tertiary/aromatic N) is 2. The summed E-state index contributed by atoms with van der Waals surface area (Å²) >= 11 is 0. The minimum absolute atomic E-state index is 0.476. The van der Waals surface area contributed by atoms with E-state index in [2.05, 4.69) is 9.97 Å². The number of anilines is 1. The van der Waals surface area contributed by atoms with Crippen molar-refractivity contribution in [1.29, 1.82) is 0 Å². The van der Waals surface area contributed by atoms with E-state index in [1.165, 1.54) is 6.39 Å². The molecule has 0 aliphatic carbocycles. The Labute approximate surface area is 69.1 Å². The van der Waals surface area contributed by atoms with Gasteiger partial charge in [0.1, 0.15) is 5.82 Å². The van der Waals surface area contributed by atoms with E-state index in [0.717, 1.165) is 5.56 Å². The first-order valence-corrected chi connectivity index (χ1v) is 3.46. The molecule has 0 saturated carbocycles. The first kappa shape index (κ1) is 6.84. The molecule has 0 amide bonds. The molecule has 0 fully saturated rings. The van der Waals surface area contributed by atoms with Gasteiger partial charge in [0.25, 0.3) is 0 Å². The van der Waals surface area contributed by atoms with Crippen LogP contribution in [-0.2, 0) is 0 Å². The Bertz CT molecular complexity index is 370. The summed E-state index contributed by atoms with van der Waals surface area (Å²) in [5, 5.41) is 0. The summed E-state index contributed by atoms with van der Waals surface area (Å²) in [6, 6.07) is 3.55. The molecule has 0 aromatic carbocycles. The minimum atomic E-state index is 0.476. The van der Waals surface area contributed by atoms with Gasteiger partial charge in [0.05, 0.1) is 6.20 Å². The van der Waals surface area contributed by atoms with Crippen molar-refractivity contribution in [3.63, 3.8) is 0 Å². The maximum absolute atomic E-state index is 5.49. The predicted molar refractivity (Wildman–Crippen MR) is 44.1 cm³/mol. The van der Waals surface area contributed by atoms with Gasteiger partial charge in [-0.3, -0.25) is 0 Å². The molecule has 0 atom stereocenters. The fourth-order valence-corrected chi connectivity index (χ4v) is 0.960. The Balaban J connectivity index is 2.48. The molecule has 2 rings (SSSR count). The lowest BCUT2D eigenvalue weighted by atomic mass is 10.2. The van der Waals surface area contributed by atoms with Crippen LogP contribution < -0.4 is 5.73 Å². The smallest absolute Gasteiger partial charge is 0.181 e. The molecule has 0 bridgehead atoms. The number of nitrogens with two attached hydrogens (primary N) is 1. The minimum Gasteiger partial charge on any atom is -0.444 e. The van der Waals surface area contributed by atoms with E-state index < -0.39 is 0 Å². The standard InChI is InChI=1S/C8H7N3O/c9-8-3-6(1-2-11-8)7-4-10-5-12-7/h1-5H,(H2,9,11). The first-order valence-electron chi connectivity index (χ1n) is 3.46. The van der Waals surface area contributed by atoms with Crippen molar-refractivity contribution in [3.05, 3.63) is 30.9 Å². The number of aromatic nitrogens is 2. The van der Waals surface area contributed by atoms with Gasteiger partial charge in [-0.15, -0.1) is 0 Å². The molecule has 4 nitrogen and oxygen atoms in total. The summed E-state index contributed by atoms with van der Waals surface area (Å²) in [6.07, 6.45) is 4.65. The van der Waals surface area contributed by atoms with Gasteiger partial charge in [-0.05, 0) is 12.1 Å². The molecule has 0 saturated heterocycles. The predicted octanol–water partition coefficient (Wildman–Crippen LogP) is 1.32. The maximum atomic E-state index is 5.49. The summed E-state index contributed by atoms with van der Waals surface area (Å²) < 4.78 is 5.08. The Morgan fingerprint density at radius 2 is 2.33 bits per heavy atom. The van der Waals surface area contributed by atoms with Crippen molar-refractivity contribution >= 4 is 5.82 Å². The molecular formula is C8H7N3O. The average molecular weight is 161 g/mol. The Hall–Kier alpha value is -1.84. The number of oxazole rings is 1. The molecular weight excluding hydrogens is 154 g/mol. The molecule has 2 heterocycles. The van der Waals surface area contributed by atoms with Crippen LogP contribution >= 0.6 is 0 Å². The zero-order valence-electron chi connectivity index (χ0n) is 6.27. The molecule has 0 spiro atoms. The monoisotopic (exact) mass is 161 g/mol. The molecule has 0 aliphatic heterocycles. The normalized spacial score (nSPS) is 10.0. The second-order valence-electron chi connectivity index (χ2n) is 2.34. The van der Waals surface area contributed by atoms with Gasteiger partial charge in [0.2, 0.25) is 0 Å². The lowest BCUT2D eigenvalue weighted by molar-refractivity contribution is 0.572. The highest BCUT2D eigenvalue weighted by Gasteiger charge is 2.00. The van der Waals surface area contributed by atoms with Crippen molar-refractivity contribution < 1.29 is 4.42 Å². The van der Waals surface area contributed by atoms with Crippen LogP contribution in [0.5, 0.6) is 0 Å². The van der Waals surface area contributed by atoms with Gasteiger partial charge < -0.3 is 10.2 Å². The molecule has 0 aliphatic rings. The van der Waals surface area contributed by atoms with Crippen LogP contribution in [0.4, 0.5) is 5.82 Å². The average Bonchev–Trinajstić information content (AvgIpc) is 2.56.